The fraction of sp³-hybridized carbons (Fsp3) is 0.938. The number of hydrogen-bond donors (Lipinski definition) is 2. The van der Waals surface area contributed by atoms with Crippen molar-refractivity contribution in [3.05, 3.63) is 0 Å². The number of thioether (sulfide) groups is 1. The van der Waals surface area contributed by atoms with Crippen molar-refractivity contribution >= 4 is 17.7 Å². The highest BCUT2D eigenvalue weighted by atomic mass is 32.2. The first-order chi connectivity index (χ1) is 9.70. The summed E-state index contributed by atoms with van der Waals surface area (Å²) in [6.07, 6.45) is 10.3. The molecule has 3 nitrogen and oxygen atoms in total. The summed E-state index contributed by atoms with van der Waals surface area (Å²) in [5.74, 6) is 1.42. The molecular formula is C16H30N2OS. The van der Waals surface area contributed by atoms with E-state index in [1.807, 2.05) is 11.8 Å². The maximum absolute atomic E-state index is 12.7. The highest BCUT2D eigenvalue weighted by Crippen LogP contribution is 2.36. The minimum absolute atomic E-state index is 0.244. The molecule has 0 aliphatic heterocycles. The SMILES string of the molecule is CCSC1CCC(NC(=O)C2(CN)CCCCCC2)C1. The molecule has 2 rings (SSSR count). The van der Waals surface area contributed by atoms with Crippen molar-refractivity contribution in [1.29, 1.82) is 0 Å². The van der Waals surface area contributed by atoms with Crippen molar-refractivity contribution in [2.75, 3.05) is 12.3 Å². The molecule has 2 aliphatic rings. The zero-order chi connectivity index (χ0) is 14.4. The van der Waals surface area contributed by atoms with Gasteiger partial charge in [0.2, 0.25) is 5.91 Å². The van der Waals surface area contributed by atoms with Crippen LogP contribution in [0.1, 0.15) is 64.7 Å². The van der Waals surface area contributed by atoms with Crippen LogP contribution in [0.4, 0.5) is 0 Å². The van der Waals surface area contributed by atoms with E-state index in [0.717, 1.165) is 43.8 Å². The zero-order valence-electron chi connectivity index (χ0n) is 12.8. The van der Waals surface area contributed by atoms with Crippen molar-refractivity contribution in [2.45, 2.75) is 76.0 Å². The van der Waals surface area contributed by atoms with E-state index in [1.165, 1.54) is 25.0 Å². The molecule has 0 saturated heterocycles. The minimum Gasteiger partial charge on any atom is -0.353 e. The standard InChI is InChI=1S/C16H30N2OS/c1-2-20-14-8-7-13(11-14)18-15(19)16(12-17)9-5-3-4-6-10-16/h13-14H,2-12,17H2,1H3,(H,18,19). The normalized spacial score (nSPS) is 29.9. The molecule has 1 amide bonds. The summed E-state index contributed by atoms with van der Waals surface area (Å²) in [5.41, 5.74) is 5.72. The summed E-state index contributed by atoms with van der Waals surface area (Å²) in [7, 11) is 0. The quantitative estimate of drug-likeness (QED) is 0.767. The van der Waals surface area contributed by atoms with Crippen LogP contribution in [0.25, 0.3) is 0 Å². The lowest BCUT2D eigenvalue weighted by molar-refractivity contribution is -0.132. The van der Waals surface area contributed by atoms with E-state index in [1.54, 1.807) is 0 Å². The molecule has 116 valence electrons. The molecule has 4 heteroatoms. The Morgan fingerprint density at radius 2 is 1.95 bits per heavy atom. The van der Waals surface area contributed by atoms with Crippen LogP contribution in [0.3, 0.4) is 0 Å². The minimum atomic E-state index is -0.271. The van der Waals surface area contributed by atoms with Gasteiger partial charge in [-0.15, -0.1) is 0 Å². The lowest BCUT2D eigenvalue weighted by Crippen LogP contribution is -2.48. The topological polar surface area (TPSA) is 55.1 Å². The van der Waals surface area contributed by atoms with E-state index in [-0.39, 0.29) is 11.3 Å². The molecule has 0 bridgehead atoms. The van der Waals surface area contributed by atoms with Crippen LogP contribution in [0.15, 0.2) is 0 Å². The number of carbonyl (C=O) groups excluding carboxylic acids is 1. The number of rotatable bonds is 5. The van der Waals surface area contributed by atoms with Crippen molar-refractivity contribution < 1.29 is 4.79 Å². The van der Waals surface area contributed by atoms with Gasteiger partial charge in [-0.25, -0.2) is 0 Å². The van der Waals surface area contributed by atoms with E-state index in [0.29, 0.717) is 12.6 Å². The van der Waals surface area contributed by atoms with Crippen LogP contribution in [0, 0.1) is 5.41 Å². The maximum atomic E-state index is 12.7. The van der Waals surface area contributed by atoms with Crippen molar-refractivity contribution in [3.63, 3.8) is 0 Å². The Bertz CT molecular complexity index is 314. The average molecular weight is 298 g/mol. The van der Waals surface area contributed by atoms with Crippen LogP contribution in [-0.4, -0.2) is 29.5 Å². The molecular weight excluding hydrogens is 268 g/mol. The van der Waals surface area contributed by atoms with Crippen molar-refractivity contribution in [1.82, 2.24) is 5.32 Å². The van der Waals surface area contributed by atoms with Crippen molar-refractivity contribution in [2.24, 2.45) is 11.1 Å². The molecule has 0 aromatic heterocycles. The Morgan fingerprint density at radius 1 is 1.25 bits per heavy atom. The van der Waals surface area contributed by atoms with Crippen LogP contribution < -0.4 is 11.1 Å². The van der Waals surface area contributed by atoms with Gasteiger partial charge in [0, 0.05) is 17.8 Å². The molecule has 0 aromatic rings. The second-order valence-corrected chi connectivity index (χ2v) is 8.04. The highest BCUT2D eigenvalue weighted by molar-refractivity contribution is 7.99. The van der Waals surface area contributed by atoms with E-state index >= 15 is 0 Å². The van der Waals surface area contributed by atoms with Gasteiger partial charge >= 0.3 is 0 Å². The maximum Gasteiger partial charge on any atom is 0.227 e. The number of amides is 1. The summed E-state index contributed by atoms with van der Waals surface area (Å²) in [4.78, 5) is 12.7. The number of carbonyl (C=O) groups is 1. The highest BCUT2D eigenvalue weighted by Gasteiger charge is 2.39. The van der Waals surface area contributed by atoms with Gasteiger partial charge in [0.15, 0.2) is 0 Å². The number of hydrogen-bond acceptors (Lipinski definition) is 3. The van der Waals surface area contributed by atoms with Gasteiger partial charge in [0.1, 0.15) is 0 Å². The third-order valence-corrected chi connectivity index (χ3v) is 6.29. The van der Waals surface area contributed by atoms with Gasteiger partial charge in [-0.1, -0.05) is 32.6 Å². The molecule has 3 N–H and O–H groups in total. The first-order valence-corrected chi connectivity index (χ1v) is 9.37. The molecule has 0 spiro atoms. The Kier molecular flexibility index (Phi) is 6.21. The molecule has 2 fully saturated rings. The molecule has 2 saturated carbocycles. The Labute approximate surface area is 127 Å². The van der Waals surface area contributed by atoms with Gasteiger partial charge < -0.3 is 11.1 Å². The van der Waals surface area contributed by atoms with E-state index in [4.69, 9.17) is 5.73 Å². The third-order valence-electron chi connectivity index (χ3n) is 5.06. The predicted octanol–water partition coefficient (Wildman–Crippen LogP) is 3.08. The second-order valence-electron chi connectivity index (χ2n) is 6.46. The largest absolute Gasteiger partial charge is 0.353 e. The Hall–Kier alpha value is -0.220. The first-order valence-electron chi connectivity index (χ1n) is 8.33. The average Bonchev–Trinajstić information content (AvgIpc) is 2.75. The van der Waals surface area contributed by atoms with Crippen molar-refractivity contribution in [3.8, 4) is 0 Å². The van der Waals surface area contributed by atoms with E-state index in [9.17, 15) is 4.79 Å². The van der Waals surface area contributed by atoms with E-state index in [2.05, 4.69) is 12.2 Å². The smallest absolute Gasteiger partial charge is 0.227 e. The number of nitrogens with two attached hydrogens (primary N) is 1. The zero-order valence-corrected chi connectivity index (χ0v) is 13.6. The second kappa shape index (κ2) is 7.69. The van der Waals surface area contributed by atoms with Gasteiger partial charge in [-0.05, 0) is 37.9 Å². The molecule has 2 atom stereocenters. The predicted molar refractivity (Wildman–Crippen MR) is 86.9 cm³/mol. The molecule has 2 unspecified atom stereocenters. The van der Waals surface area contributed by atoms with Gasteiger partial charge in [0.25, 0.3) is 0 Å². The van der Waals surface area contributed by atoms with Gasteiger partial charge in [-0.2, -0.15) is 11.8 Å². The third kappa shape index (κ3) is 3.91. The fourth-order valence-electron chi connectivity index (χ4n) is 3.73. The lowest BCUT2D eigenvalue weighted by Gasteiger charge is -2.31. The monoisotopic (exact) mass is 298 g/mol. The fourth-order valence-corrected chi connectivity index (χ4v) is 4.87. The molecule has 0 aromatic carbocycles. The van der Waals surface area contributed by atoms with Crippen LogP contribution in [0.2, 0.25) is 0 Å². The molecule has 20 heavy (non-hydrogen) atoms. The first kappa shape index (κ1) is 16.2. The summed E-state index contributed by atoms with van der Waals surface area (Å²) in [5, 5.41) is 4.07. The summed E-state index contributed by atoms with van der Waals surface area (Å²) in [6, 6.07) is 0.387. The van der Waals surface area contributed by atoms with Crippen LogP contribution in [0.5, 0.6) is 0 Å². The van der Waals surface area contributed by atoms with Gasteiger partial charge in [-0.3, -0.25) is 4.79 Å². The summed E-state index contributed by atoms with van der Waals surface area (Å²) >= 11 is 2.04. The Balaban J connectivity index is 1.89. The van der Waals surface area contributed by atoms with E-state index < -0.39 is 0 Å². The lowest BCUT2D eigenvalue weighted by atomic mass is 9.79. The number of nitrogens with one attached hydrogen (secondary N) is 1. The molecule has 0 heterocycles. The Morgan fingerprint density at radius 3 is 2.55 bits per heavy atom. The summed E-state index contributed by atoms with van der Waals surface area (Å²) in [6.45, 7) is 2.73. The van der Waals surface area contributed by atoms with Gasteiger partial charge in [0.05, 0.1) is 5.41 Å². The molecule has 0 radical (unpaired) electrons. The molecule has 2 aliphatic carbocycles. The van der Waals surface area contributed by atoms with Crippen LogP contribution in [-0.2, 0) is 4.79 Å². The summed E-state index contributed by atoms with van der Waals surface area (Å²) < 4.78 is 0. The van der Waals surface area contributed by atoms with Crippen LogP contribution >= 0.6 is 11.8 Å².